The zero-order chi connectivity index (χ0) is 17.9. The van der Waals surface area contributed by atoms with E-state index in [1.54, 1.807) is 0 Å². The highest BCUT2D eigenvalue weighted by atomic mass is 35.5. The van der Waals surface area contributed by atoms with Crippen molar-refractivity contribution in [3.63, 3.8) is 0 Å². The van der Waals surface area contributed by atoms with Crippen molar-refractivity contribution in [2.45, 2.75) is 5.92 Å². The molecule has 0 bridgehead atoms. The van der Waals surface area contributed by atoms with Gasteiger partial charge in [0, 0.05) is 24.7 Å². The van der Waals surface area contributed by atoms with Crippen LogP contribution in [0.25, 0.3) is 11.1 Å². The lowest BCUT2D eigenvalue weighted by Crippen LogP contribution is -2.29. The summed E-state index contributed by atoms with van der Waals surface area (Å²) in [6, 6.07) is 29.1. The summed E-state index contributed by atoms with van der Waals surface area (Å²) in [7, 11) is 0. The molecular weight excluding hydrogens is 356 g/mol. The zero-order valence-electron chi connectivity index (χ0n) is 15.0. The summed E-state index contributed by atoms with van der Waals surface area (Å²) in [6.07, 6.45) is 0. The number of hydrogen-bond donors (Lipinski definition) is 1. The van der Waals surface area contributed by atoms with Crippen LogP contribution in [0.3, 0.4) is 0 Å². The molecule has 2 atom stereocenters. The lowest BCUT2D eigenvalue weighted by molar-refractivity contribution is -0.121. The van der Waals surface area contributed by atoms with Gasteiger partial charge in [0.1, 0.15) is 0 Å². The number of benzene rings is 3. The maximum atomic E-state index is 12.0. The van der Waals surface area contributed by atoms with Gasteiger partial charge in [-0.3, -0.25) is 4.79 Å². The van der Waals surface area contributed by atoms with Gasteiger partial charge in [-0.1, -0.05) is 72.8 Å². The minimum atomic E-state index is -0.222. The Morgan fingerprint density at radius 2 is 1.44 bits per heavy atom. The van der Waals surface area contributed by atoms with Gasteiger partial charge in [-0.05, 0) is 28.8 Å². The zero-order valence-corrected chi connectivity index (χ0v) is 15.8. The molecule has 1 aliphatic heterocycles. The van der Waals surface area contributed by atoms with Crippen LogP contribution in [0.4, 0.5) is 5.69 Å². The Labute approximate surface area is 166 Å². The van der Waals surface area contributed by atoms with Crippen LogP contribution in [0.1, 0.15) is 11.5 Å². The van der Waals surface area contributed by atoms with Crippen molar-refractivity contribution in [1.82, 2.24) is 0 Å². The molecular formula is C23H23ClN2O. The first-order valence-corrected chi connectivity index (χ1v) is 8.97. The Morgan fingerprint density at radius 3 is 2.11 bits per heavy atom. The number of halogens is 1. The SMILES string of the molecule is Cl.NC(=O)C1CN(c2cccc(-c3ccccc3)c2)CC1c1ccccc1. The first-order chi connectivity index (χ1) is 12.7. The number of rotatable bonds is 4. The van der Waals surface area contributed by atoms with Gasteiger partial charge in [-0.25, -0.2) is 0 Å². The molecule has 3 nitrogen and oxygen atoms in total. The molecule has 0 aromatic heterocycles. The molecule has 0 spiro atoms. The molecule has 0 aliphatic carbocycles. The minimum Gasteiger partial charge on any atom is -0.370 e. The van der Waals surface area contributed by atoms with Gasteiger partial charge in [0.05, 0.1) is 5.92 Å². The molecule has 138 valence electrons. The van der Waals surface area contributed by atoms with Gasteiger partial charge in [-0.15, -0.1) is 12.4 Å². The van der Waals surface area contributed by atoms with E-state index >= 15 is 0 Å². The van der Waals surface area contributed by atoms with E-state index in [2.05, 4.69) is 53.4 Å². The van der Waals surface area contributed by atoms with Gasteiger partial charge in [0.2, 0.25) is 5.91 Å². The van der Waals surface area contributed by atoms with E-state index in [4.69, 9.17) is 5.73 Å². The molecule has 4 heteroatoms. The lowest BCUT2D eigenvalue weighted by atomic mass is 9.89. The van der Waals surface area contributed by atoms with Crippen molar-refractivity contribution >= 4 is 24.0 Å². The maximum Gasteiger partial charge on any atom is 0.223 e. The number of nitrogens with zero attached hydrogens (tertiary/aromatic N) is 1. The second-order valence-electron chi connectivity index (χ2n) is 6.85. The number of hydrogen-bond acceptors (Lipinski definition) is 2. The Balaban J connectivity index is 0.00000210. The highest BCUT2D eigenvalue weighted by Gasteiger charge is 2.37. The first-order valence-electron chi connectivity index (χ1n) is 8.97. The molecule has 2 N–H and O–H groups in total. The number of nitrogens with two attached hydrogens (primary N) is 1. The molecule has 27 heavy (non-hydrogen) atoms. The van der Waals surface area contributed by atoms with E-state index in [0.29, 0.717) is 6.54 Å². The number of primary amides is 1. The summed E-state index contributed by atoms with van der Waals surface area (Å²) in [5.74, 6) is -0.257. The van der Waals surface area contributed by atoms with Crippen LogP contribution >= 0.6 is 12.4 Å². The van der Waals surface area contributed by atoms with Gasteiger partial charge in [-0.2, -0.15) is 0 Å². The number of carbonyl (C=O) groups is 1. The van der Waals surface area contributed by atoms with Crippen molar-refractivity contribution in [3.8, 4) is 11.1 Å². The Hall–Kier alpha value is -2.78. The minimum absolute atomic E-state index is 0. The molecule has 1 fully saturated rings. The van der Waals surface area contributed by atoms with Crippen molar-refractivity contribution < 1.29 is 4.79 Å². The van der Waals surface area contributed by atoms with Crippen LogP contribution in [-0.2, 0) is 4.79 Å². The summed E-state index contributed by atoms with van der Waals surface area (Å²) < 4.78 is 0. The third-order valence-electron chi connectivity index (χ3n) is 5.23. The normalized spacial score (nSPS) is 18.7. The molecule has 1 saturated heterocycles. The van der Waals surface area contributed by atoms with E-state index in [0.717, 1.165) is 12.2 Å². The topological polar surface area (TPSA) is 46.3 Å². The summed E-state index contributed by atoms with van der Waals surface area (Å²) in [5.41, 5.74) is 10.4. The molecule has 4 rings (SSSR count). The molecule has 0 radical (unpaired) electrons. The standard InChI is InChI=1S/C23H22N2O.ClH/c24-23(26)22-16-25(15-21(22)18-10-5-2-6-11-18)20-13-7-12-19(14-20)17-8-3-1-4-9-17;/h1-14,21-22H,15-16H2,(H2,24,26);1H. The number of amides is 1. The molecule has 0 saturated carbocycles. The fraction of sp³-hybridized carbons (Fsp3) is 0.174. The van der Waals surface area contributed by atoms with Crippen LogP contribution in [0.2, 0.25) is 0 Å². The largest absolute Gasteiger partial charge is 0.370 e. The summed E-state index contributed by atoms with van der Waals surface area (Å²) in [4.78, 5) is 14.3. The number of carbonyl (C=O) groups excluding carboxylic acids is 1. The Kier molecular flexibility index (Phi) is 5.82. The third kappa shape index (κ3) is 3.99. The predicted octanol–water partition coefficient (Wildman–Crippen LogP) is 4.48. The predicted molar refractivity (Wildman–Crippen MR) is 113 cm³/mol. The molecule has 3 aromatic carbocycles. The van der Waals surface area contributed by atoms with Crippen LogP contribution in [0.15, 0.2) is 84.9 Å². The highest BCUT2D eigenvalue weighted by molar-refractivity contribution is 5.85. The van der Waals surface area contributed by atoms with E-state index in [-0.39, 0.29) is 30.2 Å². The quantitative estimate of drug-likeness (QED) is 0.727. The van der Waals surface area contributed by atoms with E-state index in [1.807, 2.05) is 36.4 Å². The van der Waals surface area contributed by atoms with Gasteiger partial charge in [0.25, 0.3) is 0 Å². The van der Waals surface area contributed by atoms with Gasteiger partial charge < -0.3 is 10.6 Å². The molecule has 1 amide bonds. The lowest BCUT2D eigenvalue weighted by Gasteiger charge is -2.19. The van der Waals surface area contributed by atoms with Crippen LogP contribution in [-0.4, -0.2) is 19.0 Å². The Bertz CT molecular complexity index is 899. The monoisotopic (exact) mass is 378 g/mol. The molecule has 2 unspecified atom stereocenters. The Morgan fingerprint density at radius 1 is 0.815 bits per heavy atom. The smallest absolute Gasteiger partial charge is 0.223 e. The second kappa shape index (κ2) is 8.28. The summed E-state index contributed by atoms with van der Waals surface area (Å²) >= 11 is 0. The molecule has 3 aromatic rings. The first kappa shape index (κ1) is 19.0. The highest BCUT2D eigenvalue weighted by Crippen LogP contribution is 2.36. The summed E-state index contributed by atoms with van der Waals surface area (Å²) in [5, 5.41) is 0. The fourth-order valence-electron chi connectivity index (χ4n) is 3.85. The van der Waals surface area contributed by atoms with Crippen LogP contribution < -0.4 is 10.6 Å². The van der Waals surface area contributed by atoms with E-state index in [9.17, 15) is 4.79 Å². The fourth-order valence-corrected chi connectivity index (χ4v) is 3.85. The summed E-state index contributed by atoms with van der Waals surface area (Å²) in [6.45, 7) is 1.46. The van der Waals surface area contributed by atoms with E-state index in [1.165, 1.54) is 16.7 Å². The van der Waals surface area contributed by atoms with Crippen molar-refractivity contribution in [2.75, 3.05) is 18.0 Å². The molecule has 1 heterocycles. The number of anilines is 1. The maximum absolute atomic E-state index is 12.0. The van der Waals surface area contributed by atoms with Crippen molar-refractivity contribution in [1.29, 1.82) is 0 Å². The van der Waals surface area contributed by atoms with Gasteiger partial charge >= 0.3 is 0 Å². The molecule has 1 aliphatic rings. The van der Waals surface area contributed by atoms with Crippen LogP contribution in [0, 0.1) is 5.92 Å². The average Bonchev–Trinajstić information content (AvgIpc) is 3.15. The van der Waals surface area contributed by atoms with Crippen molar-refractivity contribution in [3.05, 3.63) is 90.5 Å². The van der Waals surface area contributed by atoms with Crippen LogP contribution in [0.5, 0.6) is 0 Å². The average molecular weight is 379 g/mol. The van der Waals surface area contributed by atoms with Gasteiger partial charge in [0.15, 0.2) is 0 Å². The van der Waals surface area contributed by atoms with Crippen molar-refractivity contribution in [2.24, 2.45) is 11.7 Å². The van der Waals surface area contributed by atoms with E-state index < -0.39 is 0 Å². The second-order valence-corrected chi connectivity index (χ2v) is 6.85. The third-order valence-corrected chi connectivity index (χ3v) is 5.23.